The first-order chi connectivity index (χ1) is 10.8. The van der Waals surface area contributed by atoms with Gasteiger partial charge in [0, 0.05) is 38.3 Å². The molecule has 1 saturated heterocycles. The Morgan fingerprint density at radius 3 is 2.77 bits per heavy atom. The Morgan fingerprint density at radius 2 is 2.00 bits per heavy atom. The number of hydrogen-bond acceptors (Lipinski definition) is 5. The van der Waals surface area contributed by atoms with Gasteiger partial charge in [-0.15, -0.1) is 0 Å². The largest absolute Gasteiger partial charge is 0.431 e. The van der Waals surface area contributed by atoms with Crippen molar-refractivity contribution in [2.75, 3.05) is 39.4 Å². The second kappa shape index (κ2) is 7.35. The molecule has 2 N–H and O–H groups in total. The summed E-state index contributed by atoms with van der Waals surface area (Å²) in [6.45, 7) is 5.77. The third-order valence-corrected chi connectivity index (χ3v) is 3.75. The molecule has 7 heteroatoms. The van der Waals surface area contributed by atoms with E-state index < -0.39 is 0 Å². The zero-order chi connectivity index (χ0) is 15.2. The average molecular weight is 305 g/mol. The zero-order valence-corrected chi connectivity index (χ0v) is 12.5. The smallest absolute Gasteiger partial charge is 0.379 e. The quantitative estimate of drug-likeness (QED) is 0.564. The lowest BCUT2D eigenvalue weighted by atomic mass is 10.3. The number of H-pyrrole nitrogens is 1. The maximum atomic E-state index is 11.8. The fraction of sp³-hybridized carbons (Fsp3) is 0.467. The molecule has 7 nitrogen and oxygen atoms in total. The number of aromatic amines is 1. The van der Waals surface area contributed by atoms with Gasteiger partial charge in [-0.1, -0.05) is 18.2 Å². The molecule has 0 radical (unpaired) electrons. The van der Waals surface area contributed by atoms with E-state index in [0.29, 0.717) is 12.2 Å². The molecule has 2 aromatic rings. The van der Waals surface area contributed by atoms with Gasteiger partial charge in [0.05, 0.1) is 19.8 Å². The van der Waals surface area contributed by atoms with E-state index in [1.165, 1.54) is 0 Å². The van der Waals surface area contributed by atoms with Crippen LogP contribution < -0.4 is 15.6 Å². The van der Waals surface area contributed by atoms with Crippen molar-refractivity contribution in [3.05, 3.63) is 46.4 Å². The Hall–Kier alpha value is -1.96. The van der Waals surface area contributed by atoms with Gasteiger partial charge in [0.1, 0.15) is 0 Å². The predicted molar refractivity (Wildman–Crippen MR) is 79.8 cm³/mol. The maximum absolute atomic E-state index is 11.8. The van der Waals surface area contributed by atoms with Crippen LogP contribution in [0.15, 0.2) is 39.6 Å². The van der Waals surface area contributed by atoms with Gasteiger partial charge in [-0.25, -0.2) is 4.79 Å². The predicted octanol–water partition coefficient (Wildman–Crippen LogP) is -0.334. The van der Waals surface area contributed by atoms with Crippen molar-refractivity contribution in [1.82, 2.24) is 15.5 Å². The van der Waals surface area contributed by atoms with E-state index >= 15 is 0 Å². The third-order valence-electron chi connectivity index (χ3n) is 3.75. The highest BCUT2D eigenvalue weighted by Crippen LogP contribution is 1.98. The van der Waals surface area contributed by atoms with Crippen LogP contribution in [-0.2, 0) is 11.3 Å². The summed E-state index contributed by atoms with van der Waals surface area (Å²) in [6, 6.07) is 9.61. The first-order valence-electron chi connectivity index (χ1n) is 7.53. The lowest BCUT2D eigenvalue weighted by Gasteiger charge is -2.26. The Labute approximate surface area is 128 Å². The van der Waals surface area contributed by atoms with E-state index in [1.807, 2.05) is 30.3 Å². The number of aromatic nitrogens is 2. The van der Waals surface area contributed by atoms with Gasteiger partial charge in [0.2, 0.25) is 5.69 Å². The van der Waals surface area contributed by atoms with E-state index in [-0.39, 0.29) is 5.63 Å². The van der Waals surface area contributed by atoms with Crippen molar-refractivity contribution in [2.45, 2.75) is 6.54 Å². The molecule has 0 saturated carbocycles. The van der Waals surface area contributed by atoms with Gasteiger partial charge in [0.15, 0.2) is 0 Å². The summed E-state index contributed by atoms with van der Waals surface area (Å²) in [5, 5.41) is 5.95. The standard InChI is InChI=1S/C15H20N4O3/c20-15-14(12-16-6-7-18-8-10-21-11-9-18)19(17-22-15)13-4-2-1-3-5-13/h1-5,16H,6-12H2/p+1. The molecule has 0 unspecified atom stereocenters. The van der Waals surface area contributed by atoms with E-state index in [0.717, 1.165) is 45.1 Å². The molecule has 1 aromatic heterocycles. The van der Waals surface area contributed by atoms with E-state index in [9.17, 15) is 4.79 Å². The highest BCUT2D eigenvalue weighted by Gasteiger charge is 2.22. The molecule has 22 heavy (non-hydrogen) atoms. The van der Waals surface area contributed by atoms with Gasteiger partial charge in [-0.2, -0.15) is 0 Å². The fourth-order valence-electron chi connectivity index (χ4n) is 2.50. The molecule has 0 atom stereocenters. The molecular weight excluding hydrogens is 284 g/mol. The van der Waals surface area contributed by atoms with Crippen molar-refractivity contribution in [1.29, 1.82) is 0 Å². The van der Waals surface area contributed by atoms with Crippen LogP contribution in [0.1, 0.15) is 5.69 Å². The first kappa shape index (κ1) is 15.0. The molecule has 3 rings (SSSR count). The van der Waals surface area contributed by atoms with Crippen LogP contribution in [-0.4, -0.2) is 49.6 Å². The SMILES string of the molecule is O=c1o[nH][n+](-c2ccccc2)c1CNCCN1CCOCC1. The van der Waals surface area contributed by atoms with Crippen LogP contribution in [0.4, 0.5) is 0 Å². The van der Waals surface area contributed by atoms with Crippen LogP contribution >= 0.6 is 0 Å². The zero-order valence-electron chi connectivity index (χ0n) is 12.5. The number of benzene rings is 1. The van der Waals surface area contributed by atoms with Gasteiger partial charge >= 0.3 is 11.3 Å². The van der Waals surface area contributed by atoms with Gasteiger partial charge < -0.3 is 10.1 Å². The Bertz CT molecular complexity index is 632. The lowest BCUT2D eigenvalue weighted by Crippen LogP contribution is -2.43. The normalized spacial score (nSPS) is 16.0. The van der Waals surface area contributed by atoms with Crippen LogP contribution in [0.5, 0.6) is 0 Å². The first-order valence-corrected chi connectivity index (χ1v) is 7.53. The summed E-state index contributed by atoms with van der Waals surface area (Å²) in [7, 11) is 0. The molecule has 1 aromatic carbocycles. The second-order valence-corrected chi connectivity index (χ2v) is 5.23. The van der Waals surface area contributed by atoms with Crippen molar-refractivity contribution < 1.29 is 13.9 Å². The van der Waals surface area contributed by atoms with E-state index in [1.54, 1.807) is 4.68 Å². The van der Waals surface area contributed by atoms with Gasteiger partial charge in [0.25, 0.3) is 0 Å². The van der Waals surface area contributed by atoms with Crippen molar-refractivity contribution in [3.8, 4) is 5.69 Å². The summed E-state index contributed by atoms with van der Waals surface area (Å²) in [5.41, 5.74) is 1.09. The Morgan fingerprint density at radius 1 is 1.23 bits per heavy atom. The highest BCUT2D eigenvalue weighted by molar-refractivity contribution is 5.21. The molecule has 2 heterocycles. The topological polar surface area (TPSA) is 74.4 Å². The number of nitrogens with zero attached hydrogens (tertiary/aromatic N) is 2. The number of hydrogen-bond donors (Lipinski definition) is 2. The number of para-hydroxylation sites is 1. The van der Waals surface area contributed by atoms with Crippen LogP contribution in [0.2, 0.25) is 0 Å². The molecule has 1 aliphatic heterocycles. The molecule has 0 amide bonds. The average Bonchev–Trinajstić information content (AvgIpc) is 2.94. The minimum atomic E-state index is -0.345. The molecule has 0 aliphatic carbocycles. The fourth-order valence-corrected chi connectivity index (χ4v) is 2.50. The summed E-state index contributed by atoms with van der Waals surface area (Å²) < 4.78 is 11.9. The third kappa shape index (κ3) is 3.62. The van der Waals surface area contributed by atoms with Crippen LogP contribution in [0.25, 0.3) is 5.69 Å². The summed E-state index contributed by atoms with van der Waals surface area (Å²) in [4.78, 5) is 14.2. The van der Waals surface area contributed by atoms with E-state index in [4.69, 9.17) is 9.26 Å². The van der Waals surface area contributed by atoms with E-state index in [2.05, 4.69) is 15.5 Å². The minimum absolute atomic E-state index is 0.345. The molecular formula is C15H21N4O3+. The summed E-state index contributed by atoms with van der Waals surface area (Å²) in [6.07, 6.45) is 0. The Kier molecular flexibility index (Phi) is 4.99. The molecule has 118 valence electrons. The summed E-state index contributed by atoms with van der Waals surface area (Å²) in [5.74, 6) is 0. The van der Waals surface area contributed by atoms with Gasteiger partial charge in [-0.05, 0) is 9.95 Å². The van der Waals surface area contributed by atoms with Crippen molar-refractivity contribution in [2.24, 2.45) is 0 Å². The van der Waals surface area contributed by atoms with Gasteiger partial charge in [-0.3, -0.25) is 9.42 Å². The molecule has 1 aliphatic rings. The van der Waals surface area contributed by atoms with Crippen molar-refractivity contribution >= 4 is 0 Å². The Balaban J connectivity index is 1.56. The minimum Gasteiger partial charge on any atom is -0.379 e. The number of morpholine rings is 1. The lowest BCUT2D eigenvalue weighted by molar-refractivity contribution is -0.677. The summed E-state index contributed by atoms with van der Waals surface area (Å²) >= 11 is 0. The highest BCUT2D eigenvalue weighted by atomic mass is 16.5. The molecule has 0 spiro atoms. The molecule has 0 bridgehead atoms. The second-order valence-electron chi connectivity index (χ2n) is 5.23. The maximum Gasteiger partial charge on any atom is 0.431 e. The number of rotatable bonds is 6. The van der Waals surface area contributed by atoms with Crippen LogP contribution in [0, 0.1) is 0 Å². The monoisotopic (exact) mass is 305 g/mol. The molecule has 1 fully saturated rings. The number of ether oxygens (including phenoxy) is 1. The van der Waals surface area contributed by atoms with Crippen LogP contribution in [0.3, 0.4) is 0 Å². The number of nitrogens with one attached hydrogen (secondary N) is 2. The van der Waals surface area contributed by atoms with Crippen molar-refractivity contribution in [3.63, 3.8) is 0 Å².